The third-order valence-electron chi connectivity index (χ3n) is 5.70. The van der Waals surface area contributed by atoms with Gasteiger partial charge in [0, 0.05) is 0 Å². The van der Waals surface area contributed by atoms with E-state index < -0.39 is 11.9 Å². The summed E-state index contributed by atoms with van der Waals surface area (Å²) in [6.45, 7) is 11.1. The summed E-state index contributed by atoms with van der Waals surface area (Å²) in [5.41, 5.74) is 3.14. The van der Waals surface area contributed by atoms with Crippen molar-refractivity contribution in [2.75, 3.05) is 13.2 Å². The molecule has 3 aromatic rings. The van der Waals surface area contributed by atoms with Gasteiger partial charge in [-0.2, -0.15) is 0 Å². The second kappa shape index (κ2) is 8.69. The molecule has 6 nitrogen and oxygen atoms in total. The van der Waals surface area contributed by atoms with Crippen molar-refractivity contribution in [1.82, 2.24) is 5.32 Å². The van der Waals surface area contributed by atoms with E-state index in [0.717, 1.165) is 23.1 Å². The molecule has 0 spiro atoms. The smallest absolute Gasteiger partial charge is 0.288 e. The van der Waals surface area contributed by atoms with Gasteiger partial charge < -0.3 is 19.2 Å². The zero-order valence-electron chi connectivity index (χ0n) is 19.2. The van der Waals surface area contributed by atoms with Crippen molar-refractivity contribution in [3.8, 4) is 11.5 Å². The maximum absolute atomic E-state index is 13.5. The molecule has 1 aliphatic rings. The molecule has 1 N–H and O–H groups in total. The third-order valence-corrected chi connectivity index (χ3v) is 5.70. The second-order valence-electron chi connectivity index (χ2n) is 8.71. The Hall–Kier alpha value is -3.28. The molecule has 1 amide bonds. The fraction of sp³-hybridized carbons (Fsp3) is 0.385. The monoisotopic (exact) mass is 435 g/mol. The van der Waals surface area contributed by atoms with E-state index in [1.165, 1.54) is 0 Å². The van der Waals surface area contributed by atoms with Gasteiger partial charge in [-0.05, 0) is 68.0 Å². The van der Waals surface area contributed by atoms with E-state index in [-0.39, 0.29) is 11.2 Å². The van der Waals surface area contributed by atoms with Gasteiger partial charge in [0.15, 0.2) is 16.9 Å². The summed E-state index contributed by atoms with van der Waals surface area (Å²) >= 11 is 0. The van der Waals surface area contributed by atoms with Crippen LogP contribution in [0.2, 0.25) is 0 Å². The summed E-state index contributed by atoms with van der Waals surface area (Å²) in [4.78, 5) is 26.2. The van der Waals surface area contributed by atoms with Crippen LogP contribution in [0.3, 0.4) is 0 Å². The molecule has 1 unspecified atom stereocenters. The normalized spacial score (nSPS) is 15.2. The summed E-state index contributed by atoms with van der Waals surface area (Å²) < 4.78 is 17.6. The Morgan fingerprint density at radius 3 is 2.56 bits per heavy atom. The first-order valence-electron chi connectivity index (χ1n) is 11.1. The summed E-state index contributed by atoms with van der Waals surface area (Å²) in [5.74, 6) is 1.47. The van der Waals surface area contributed by atoms with Crippen LogP contribution in [0.15, 0.2) is 39.5 Å². The van der Waals surface area contributed by atoms with Crippen molar-refractivity contribution in [2.45, 2.75) is 47.1 Å². The van der Waals surface area contributed by atoms with Crippen molar-refractivity contribution in [1.29, 1.82) is 0 Å². The first kappa shape index (κ1) is 21.9. The Kier molecular flexibility index (Phi) is 5.96. The van der Waals surface area contributed by atoms with E-state index in [2.05, 4.69) is 19.2 Å². The number of carbonyl (C=O) groups is 1. The number of aryl methyl sites for hydroxylation is 2. The number of hydrogen-bond acceptors (Lipinski definition) is 5. The molecule has 0 aliphatic carbocycles. The number of fused-ring (bicyclic) bond motifs is 2. The van der Waals surface area contributed by atoms with Crippen molar-refractivity contribution in [3.63, 3.8) is 0 Å². The highest BCUT2D eigenvalue weighted by Crippen LogP contribution is 2.36. The topological polar surface area (TPSA) is 77.8 Å². The zero-order chi connectivity index (χ0) is 23.0. The van der Waals surface area contributed by atoms with E-state index in [1.54, 1.807) is 6.07 Å². The van der Waals surface area contributed by atoms with E-state index in [9.17, 15) is 9.59 Å². The number of amides is 1. The Balaban J connectivity index is 1.78. The van der Waals surface area contributed by atoms with Crippen LogP contribution >= 0.6 is 0 Å². The quantitative estimate of drug-likeness (QED) is 0.561. The Labute approximate surface area is 187 Å². The average Bonchev–Trinajstić information content (AvgIpc) is 3.05. The van der Waals surface area contributed by atoms with Crippen molar-refractivity contribution >= 4 is 16.9 Å². The van der Waals surface area contributed by atoms with E-state index in [0.29, 0.717) is 47.2 Å². The minimum atomic E-state index is -0.609. The maximum atomic E-state index is 13.5. The van der Waals surface area contributed by atoms with Gasteiger partial charge in [-0.25, -0.2) is 0 Å². The van der Waals surface area contributed by atoms with E-state index in [1.807, 2.05) is 45.0 Å². The van der Waals surface area contributed by atoms with Gasteiger partial charge >= 0.3 is 0 Å². The highest BCUT2D eigenvalue weighted by Gasteiger charge is 2.36. The summed E-state index contributed by atoms with van der Waals surface area (Å²) in [7, 11) is 0. The lowest BCUT2D eigenvalue weighted by atomic mass is 9.97. The molecule has 0 saturated heterocycles. The molecule has 32 heavy (non-hydrogen) atoms. The highest BCUT2D eigenvalue weighted by molar-refractivity contribution is 5.99. The largest absolute Gasteiger partial charge is 0.490 e. The summed E-state index contributed by atoms with van der Waals surface area (Å²) in [5, 5.41) is 3.41. The number of benzene rings is 2. The van der Waals surface area contributed by atoms with Gasteiger partial charge in [0.05, 0.1) is 30.2 Å². The average molecular weight is 436 g/mol. The number of nitrogens with one attached hydrogen (secondary N) is 1. The molecule has 0 radical (unpaired) electrons. The SMILES string of the molecule is CCOc1cc(C2NC(=O)c3oc4cc(C)cc(C)c4c(=O)c32)ccc1OCCC(C)C. The van der Waals surface area contributed by atoms with Crippen molar-refractivity contribution in [2.24, 2.45) is 5.92 Å². The van der Waals surface area contributed by atoms with Crippen LogP contribution in [0, 0.1) is 19.8 Å². The van der Waals surface area contributed by atoms with Gasteiger partial charge in [-0.15, -0.1) is 0 Å². The van der Waals surface area contributed by atoms with Gasteiger partial charge in [-0.1, -0.05) is 26.0 Å². The molecule has 0 bridgehead atoms. The molecule has 4 rings (SSSR count). The molecule has 2 aromatic carbocycles. The fourth-order valence-electron chi connectivity index (χ4n) is 4.15. The molecule has 2 heterocycles. The number of rotatable bonds is 7. The van der Waals surface area contributed by atoms with Crippen LogP contribution in [0.4, 0.5) is 0 Å². The van der Waals surface area contributed by atoms with Crippen LogP contribution in [0.25, 0.3) is 11.0 Å². The zero-order valence-corrected chi connectivity index (χ0v) is 19.2. The first-order valence-corrected chi connectivity index (χ1v) is 11.1. The minimum absolute atomic E-state index is 0.0766. The van der Waals surface area contributed by atoms with E-state index >= 15 is 0 Å². The van der Waals surface area contributed by atoms with Crippen LogP contribution in [-0.4, -0.2) is 19.1 Å². The first-order chi connectivity index (χ1) is 15.3. The standard InChI is InChI=1S/C26H29NO5/c1-6-30-19-13-17(7-8-18(19)31-10-9-14(2)3)23-22-24(28)21-16(5)11-15(4)12-20(21)32-25(22)26(29)27-23/h7-8,11-14,23H,6,9-10H2,1-5H3,(H,27,29). The molecular weight excluding hydrogens is 406 g/mol. The molecule has 1 atom stereocenters. The van der Waals surface area contributed by atoms with Crippen LogP contribution in [0.1, 0.15) is 66.0 Å². The predicted molar refractivity (Wildman–Crippen MR) is 124 cm³/mol. The number of hydrogen-bond donors (Lipinski definition) is 1. The fourth-order valence-corrected chi connectivity index (χ4v) is 4.15. The molecule has 6 heteroatoms. The lowest BCUT2D eigenvalue weighted by Gasteiger charge is -2.17. The van der Waals surface area contributed by atoms with E-state index in [4.69, 9.17) is 13.9 Å². The van der Waals surface area contributed by atoms with Gasteiger partial charge in [-0.3, -0.25) is 9.59 Å². The van der Waals surface area contributed by atoms with Gasteiger partial charge in [0.25, 0.3) is 5.91 Å². The molecule has 1 aliphatic heterocycles. The number of ether oxygens (including phenoxy) is 2. The Bertz CT molecular complexity index is 1240. The molecule has 0 fully saturated rings. The summed E-state index contributed by atoms with van der Waals surface area (Å²) in [6, 6.07) is 8.66. The van der Waals surface area contributed by atoms with Crippen LogP contribution in [-0.2, 0) is 0 Å². The predicted octanol–water partition coefficient (Wildman–Crippen LogP) is 5.07. The number of carbonyl (C=O) groups excluding carboxylic acids is 1. The summed E-state index contributed by atoms with van der Waals surface area (Å²) in [6.07, 6.45) is 0.937. The van der Waals surface area contributed by atoms with Crippen LogP contribution < -0.4 is 20.2 Å². The Morgan fingerprint density at radius 2 is 1.84 bits per heavy atom. The van der Waals surface area contributed by atoms with Gasteiger partial charge in [0.1, 0.15) is 5.58 Å². The lowest BCUT2D eigenvalue weighted by molar-refractivity contribution is 0.0937. The minimum Gasteiger partial charge on any atom is -0.490 e. The third kappa shape index (κ3) is 3.97. The van der Waals surface area contributed by atoms with Crippen molar-refractivity contribution in [3.05, 3.63) is 68.6 Å². The van der Waals surface area contributed by atoms with Crippen LogP contribution in [0.5, 0.6) is 11.5 Å². The Morgan fingerprint density at radius 1 is 1.06 bits per heavy atom. The van der Waals surface area contributed by atoms with Crippen molar-refractivity contribution < 1.29 is 18.7 Å². The molecule has 1 aromatic heterocycles. The highest BCUT2D eigenvalue weighted by atomic mass is 16.5. The second-order valence-corrected chi connectivity index (χ2v) is 8.71. The lowest BCUT2D eigenvalue weighted by Crippen LogP contribution is -2.22. The maximum Gasteiger partial charge on any atom is 0.288 e. The molecule has 0 saturated carbocycles. The molecular formula is C26H29NO5. The van der Waals surface area contributed by atoms with Gasteiger partial charge in [0.2, 0.25) is 5.76 Å². The molecule has 168 valence electrons.